The molecule has 2 N–H and O–H groups in total. The molecule has 1 aromatic carbocycles. The molecule has 1 saturated heterocycles. The van der Waals surface area contributed by atoms with E-state index in [2.05, 4.69) is 5.32 Å². The summed E-state index contributed by atoms with van der Waals surface area (Å²) >= 11 is 1.67. The maximum Gasteiger partial charge on any atom is 0.331 e. The summed E-state index contributed by atoms with van der Waals surface area (Å²) in [5.74, 6) is -0.613. The van der Waals surface area contributed by atoms with E-state index < -0.39 is 11.5 Å². The number of thioether (sulfide) groups is 1. The van der Waals surface area contributed by atoms with Gasteiger partial charge in [0.1, 0.15) is 0 Å². The number of ether oxygens (including phenoxy) is 1. The zero-order chi connectivity index (χ0) is 14.6. The lowest BCUT2D eigenvalue weighted by atomic mass is 9.98. The SMILES string of the molecule is CSCc1cccc(C(=O)NC2(C(=O)O)CCOC2)c1. The zero-order valence-corrected chi connectivity index (χ0v) is 12.0. The molecule has 0 aliphatic carbocycles. The highest BCUT2D eigenvalue weighted by Crippen LogP contribution is 2.20. The summed E-state index contributed by atoms with van der Waals surface area (Å²) in [5, 5.41) is 11.9. The van der Waals surface area contributed by atoms with Gasteiger partial charge in [-0.05, 0) is 24.0 Å². The van der Waals surface area contributed by atoms with Gasteiger partial charge in [-0.3, -0.25) is 4.79 Å². The topological polar surface area (TPSA) is 75.6 Å². The van der Waals surface area contributed by atoms with Crippen molar-refractivity contribution in [1.82, 2.24) is 5.32 Å². The molecule has 0 aromatic heterocycles. The smallest absolute Gasteiger partial charge is 0.331 e. The van der Waals surface area contributed by atoms with E-state index in [0.29, 0.717) is 18.6 Å². The largest absolute Gasteiger partial charge is 0.479 e. The molecule has 6 heteroatoms. The van der Waals surface area contributed by atoms with E-state index in [1.807, 2.05) is 12.3 Å². The summed E-state index contributed by atoms with van der Waals surface area (Å²) in [7, 11) is 0. The van der Waals surface area contributed by atoms with Gasteiger partial charge in [-0.1, -0.05) is 12.1 Å². The Balaban J connectivity index is 2.15. The number of benzene rings is 1. The summed E-state index contributed by atoms with van der Waals surface area (Å²) in [4.78, 5) is 23.6. The Bertz CT molecular complexity index is 512. The molecule has 0 saturated carbocycles. The van der Waals surface area contributed by atoms with Crippen molar-refractivity contribution in [2.75, 3.05) is 19.5 Å². The van der Waals surface area contributed by atoms with E-state index in [9.17, 15) is 14.7 Å². The lowest BCUT2D eigenvalue weighted by molar-refractivity contribution is -0.144. The van der Waals surface area contributed by atoms with E-state index in [0.717, 1.165) is 11.3 Å². The third kappa shape index (κ3) is 3.13. The molecular weight excluding hydrogens is 278 g/mol. The van der Waals surface area contributed by atoms with Gasteiger partial charge in [0, 0.05) is 24.3 Å². The Morgan fingerprint density at radius 3 is 2.90 bits per heavy atom. The van der Waals surface area contributed by atoms with Crippen LogP contribution >= 0.6 is 11.8 Å². The minimum absolute atomic E-state index is 0.0125. The van der Waals surface area contributed by atoms with Crippen molar-refractivity contribution >= 4 is 23.6 Å². The van der Waals surface area contributed by atoms with Crippen LogP contribution in [-0.4, -0.2) is 42.0 Å². The lowest BCUT2D eigenvalue weighted by Gasteiger charge is -2.23. The molecule has 0 spiro atoms. The predicted molar refractivity (Wildman–Crippen MR) is 76.9 cm³/mol. The standard InChI is InChI=1S/C14H17NO4S/c1-20-8-10-3-2-4-11(7-10)12(16)15-14(13(17)18)5-6-19-9-14/h2-4,7H,5-6,8-9H2,1H3,(H,15,16)(H,17,18). The number of nitrogens with one attached hydrogen (secondary N) is 1. The minimum Gasteiger partial charge on any atom is -0.479 e. The van der Waals surface area contributed by atoms with Crippen LogP contribution in [0.2, 0.25) is 0 Å². The summed E-state index contributed by atoms with van der Waals surface area (Å²) in [6.07, 6.45) is 2.28. The van der Waals surface area contributed by atoms with Crippen molar-refractivity contribution in [3.8, 4) is 0 Å². The fourth-order valence-corrected chi connectivity index (χ4v) is 2.66. The van der Waals surface area contributed by atoms with Crippen molar-refractivity contribution in [2.24, 2.45) is 0 Å². The fraction of sp³-hybridized carbons (Fsp3) is 0.429. The number of hydrogen-bond donors (Lipinski definition) is 2. The van der Waals surface area contributed by atoms with E-state index in [-0.39, 0.29) is 12.5 Å². The molecule has 1 aliphatic heterocycles. The van der Waals surface area contributed by atoms with Gasteiger partial charge in [0.15, 0.2) is 5.54 Å². The maximum atomic E-state index is 12.2. The highest BCUT2D eigenvalue weighted by atomic mass is 32.2. The van der Waals surface area contributed by atoms with Gasteiger partial charge in [-0.15, -0.1) is 0 Å². The van der Waals surface area contributed by atoms with Crippen LogP contribution < -0.4 is 5.32 Å². The van der Waals surface area contributed by atoms with Gasteiger partial charge in [0.2, 0.25) is 0 Å². The molecule has 2 rings (SSSR count). The van der Waals surface area contributed by atoms with Crippen LogP contribution in [0.15, 0.2) is 24.3 Å². The quantitative estimate of drug-likeness (QED) is 0.861. The molecule has 1 fully saturated rings. The molecule has 1 heterocycles. The molecule has 1 aromatic rings. The zero-order valence-electron chi connectivity index (χ0n) is 11.2. The minimum atomic E-state index is -1.30. The monoisotopic (exact) mass is 295 g/mol. The van der Waals surface area contributed by atoms with Crippen LogP contribution in [0.5, 0.6) is 0 Å². The molecule has 0 radical (unpaired) electrons. The second-order valence-electron chi connectivity index (χ2n) is 4.78. The number of carbonyl (C=O) groups is 2. The Morgan fingerprint density at radius 1 is 1.50 bits per heavy atom. The van der Waals surface area contributed by atoms with Crippen LogP contribution in [0, 0.1) is 0 Å². The summed E-state index contributed by atoms with van der Waals surface area (Å²) < 4.78 is 5.12. The van der Waals surface area contributed by atoms with Crippen LogP contribution in [-0.2, 0) is 15.3 Å². The van der Waals surface area contributed by atoms with Crippen LogP contribution in [0.1, 0.15) is 22.3 Å². The molecule has 0 bridgehead atoms. The van der Waals surface area contributed by atoms with Gasteiger partial charge >= 0.3 is 5.97 Å². The summed E-state index contributed by atoms with van der Waals surface area (Å²) in [6, 6.07) is 7.22. The molecule has 20 heavy (non-hydrogen) atoms. The van der Waals surface area contributed by atoms with Crippen molar-refractivity contribution in [3.05, 3.63) is 35.4 Å². The Labute approximate surface area is 121 Å². The number of rotatable bonds is 5. The Hall–Kier alpha value is -1.53. The first-order valence-electron chi connectivity index (χ1n) is 6.29. The number of hydrogen-bond acceptors (Lipinski definition) is 4. The third-order valence-electron chi connectivity index (χ3n) is 3.28. The van der Waals surface area contributed by atoms with Crippen molar-refractivity contribution < 1.29 is 19.4 Å². The van der Waals surface area contributed by atoms with Crippen LogP contribution in [0.4, 0.5) is 0 Å². The van der Waals surface area contributed by atoms with E-state index in [1.165, 1.54) is 0 Å². The predicted octanol–water partition coefficient (Wildman–Crippen LogP) is 1.52. The van der Waals surface area contributed by atoms with Crippen LogP contribution in [0.25, 0.3) is 0 Å². The number of aliphatic carboxylic acids is 1. The Kier molecular flexibility index (Phi) is 4.67. The molecule has 108 valence electrons. The number of carbonyl (C=O) groups excluding carboxylic acids is 1. The fourth-order valence-electron chi connectivity index (χ4n) is 2.14. The molecule has 5 nitrogen and oxygen atoms in total. The van der Waals surface area contributed by atoms with E-state index in [1.54, 1.807) is 30.0 Å². The second-order valence-corrected chi connectivity index (χ2v) is 5.64. The normalized spacial score (nSPS) is 21.6. The first-order chi connectivity index (χ1) is 9.57. The van der Waals surface area contributed by atoms with Gasteiger partial charge in [-0.25, -0.2) is 4.79 Å². The van der Waals surface area contributed by atoms with Crippen LogP contribution in [0.3, 0.4) is 0 Å². The first-order valence-corrected chi connectivity index (χ1v) is 7.68. The third-order valence-corrected chi connectivity index (χ3v) is 3.91. The molecule has 1 atom stereocenters. The average molecular weight is 295 g/mol. The summed E-state index contributed by atoms with van der Waals surface area (Å²) in [6.45, 7) is 0.359. The van der Waals surface area contributed by atoms with Gasteiger partial charge < -0.3 is 15.2 Å². The van der Waals surface area contributed by atoms with Crippen molar-refractivity contribution in [3.63, 3.8) is 0 Å². The molecule has 1 aliphatic rings. The number of carboxylic acid groups (broad SMARTS) is 1. The van der Waals surface area contributed by atoms with Gasteiger partial charge in [0.05, 0.1) is 6.61 Å². The number of amides is 1. The molecule has 1 unspecified atom stereocenters. The highest BCUT2D eigenvalue weighted by molar-refractivity contribution is 7.97. The second kappa shape index (κ2) is 6.28. The van der Waals surface area contributed by atoms with Gasteiger partial charge in [0.25, 0.3) is 5.91 Å². The molecular formula is C14H17NO4S. The Morgan fingerprint density at radius 2 is 2.30 bits per heavy atom. The lowest BCUT2D eigenvalue weighted by Crippen LogP contribution is -2.55. The van der Waals surface area contributed by atoms with Crippen molar-refractivity contribution in [1.29, 1.82) is 0 Å². The van der Waals surface area contributed by atoms with Gasteiger partial charge in [-0.2, -0.15) is 11.8 Å². The maximum absolute atomic E-state index is 12.2. The van der Waals surface area contributed by atoms with E-state index >= 15 is 0 Å². The highest BCUT2D eigenvalue weighted by Gasteiger charge is 2.44. The number of carboxylic acids is 1. The van der Waals surface area contributed by atoms with Crippen molar-refractivity contribution in [2.45, 2.75) is 17.7 Å². The average Bonchev–Trinajstić information content (AvgIpc) is 2.89. The first kappa shape index (κ1) is 14.9. The summed E-state index contributed by atoms with van der Waals surface area (Å²) in [5.41, 5.74) is 0.216. The molecule has 1 amide bonds. The van der Waals surface area contributed by atoms with E-state index in [4.69, 9.17) is 4.74 Å².